The maximum absolute atomic E-state index is 15.2. The molecule has 0 aliphatic carbocycles. The highest BCUT2D eigenvalue weighted by atomic mass is 32.2. The predicted molar refractivity (Wildman–Crippen MR) is 173 cm³/mol. The lowest BCUT2D eigenvalue weighted by molar-refractivity contribution is -0.200. The van der Waals surface area contributed by atoms with E-state index in [9.17, 15) is 24.1 Å². The van der Waals surface area contributed by atoms with E-state index in [0.717, 1.165) is 36.7 Å². The molecule has 9 nitrogen and oxygen atoms in total. The van der Waals surface area contributed by atoms with Crippen molar-refractivity contribution in [2.45, 2.75) is 73.4 Å². The summed E-state index contributed by atoms with van der Waals surface area (Å²) in [5.74, 6) is -0.713. The van der Waals surface area contributed by atoms with Crippen LogP contribution >= 0.6 is 11.8 Å². The van der Waals surface area contributed by atoms with Crippen LogP contribution in [0.5, 0.6) is 11.5 Å². The summed E-state index contributed by atoms with van der Waals surface area (Å²) in [5, 5.41) is 31.4. The third-order valence-corrected chi connectivity index (χ3v) is 10.3. The normalized spacial score (nSPS) is 31.1. The number of rotatable bonds is 9. The first kappa shape index (κ1) is 35.0. The van der Waals surface area contributed by atoms with Crippen LogP contribution in [0.15, 0.2) is 54.6 Å². The SMILES string of the molecule is COc1cc(F)c(Cc2ccc(O[C@@H]3CCN(C4CO[C@H](c5cc(F)ccc5F)[C@@H](N)C4)C3)cc2)cc1[C@@H]1O[C@H](SC)[C@@H](O)[C@H](O)[C@H]1O. The van der Waals surface area contributed by atoms with E-state index in [1.54, 1.807) is 12.3 Å². The van der Waals surface area contributed by atoms with E-state index >= 15 is 4.39 Å². The Bertz CT molecular complexity index is 1570. The number of hydrogen-bond acceptors (Lipinski definition) is 10. The molecule has 0 bridgehead atoms. The summed E-state index contributed by atoms with van der Waals surface area (Å²) in [5.41, 5.74) is 7.27. The van der Waals surface area contributed by atoms with Crippen molar-refractivity contribution < 1.29 is 47.4 Å². The Morgan fingerprint density at radius 2 is 1.71 bits per heavy atom. The molecule has 3 fully saturated rings. The van der Waals surface area contributed by atoms with Gasteiger partial charge in [0.05, 0.1) is 13.7 Å². The predicted octanol–water partition coefficient (Wildman–Crippen LogP) is 3.86. The van der Waals surface area contributed by atoms with E-state index in [2.05, 4.69) is 4.90 Å². The molecule has 0 radical (unpaired) electrons. The first-order valence-electron chi connectivity index (χ1n) is 16.0. The average Bonchev–Trinajstić information content (AvgIpc) is 3.55. The van der Waals surface area contributed by atoms with Crippen LogP contribution in [0.2, 0.25) is 0 Å². The monoisotopic (exact) mass is 690 g/mol. The van der Waals surface area contributed by atoms with Gasteiger partial charge in [0.25, 0.3) is 0 Å². The lowest BCUT2D eigenvalue weighted by Crippen LogP contribution is -2.53. The Kier molecular flexibility index (Phi) is 10.9. The summed E-state index contributed by atoms with van der Waals surface area (Å²) in [6.45, 7) is 1.81. The third kappa shape index (κ3) is 7.34. The summed E-state index contributed by atoms with van der Waals surface area (Å²) in [7, 11) is 1.39. The van der Waals surface area contributed by atoms with Gasteiger partial charge in [-0.15, -0.1) is 11.8 Å². The number of aliphatic hydroxyl groups excluding tert-OH is 3. The molecule has 0 spiro atoms. The second kappa shape index (κ2) is 14.9. The molecule has 3 aromatic rings. The Morgan fingerprint density at radius 3 is 2.42 bits per heavy atom. The molecule has 13 heteroatoms. The van der Waals surface area contributed by atoms with Gasteiger partial charge in [-0.25, -0.2) is 13.2 Å². The molecule has 1 unspecified atom stereocenters. The summed E-state index contributed by atoms with van der Waals surface area (Å²) in [6.07, 6.45) is -2.63. The Balaban J connectivity index is 1.06. The van der Waals surface area contributed by atoms with Gasteiger partial charge in [0.15, 0.2) is 0 Å². The number of likely N-dealkylation sites (tertiary alicyclic amines) is 1. The van der Waals surface area contributed by atoms with Crippen molar-refractivity contribution in [2.24, 2.45) is 5.73 Å². The molecule has 48 heavy (non-hydrogen) atoms. The number of benzene rings is 3. The minimum atomic E-state index is -1.45. The lowest BCUT2D eigenvalue weighted by Gasteiger charge is -2.40. The number of halogens is 3. The smallest absolute Gasteiger partial charge is 0.132 e. The van der Waals surface area contributed by atoms with Crippen LogP contribution in [-0.2, 0) is 15.9 Å². The zero-order valence-electron chi connectivity index (χ0n) is 26.7. The zero-order valence-corrected chi connectivity index (χ0v) is 27.5. The van der Waals surface area contributed by atoms with Crippen LogP contribution in [0.1, 0.15) is 47.3 Å². The molecule has 0 amide bonds. The molecule has 6 rings (SSSR count). The minimum Gasteiger partial charge on any atom is -0.496 e. The van der Waals surface area contributed by atoms with Gasteiger partial charge in [-0.05, 0) is 66.6 Å². The van der Waals surface area contributed by atoms with Crippen molar-refractivity contribution in [1.82, 2.24) is 4.90 Å². The molecule has 3 aliphatic rings. The van der Waals surface area contributed by atoms with Crippen molar-refractivity contribution in [2.75, 3.05) is 33.1 Å². The van der Waals surface area contributed by atoms with Crippen LogP contribution in [0, 0.1) is 17.5 Å². The fourth-order valence-electron chi connectivity index (χ4n) is 6.89. The van der Waals surface area contributed by atoms with Crippen molar-refractivity contribution in [1.29, 1.82) is 0 Å². The summed E-state index contributed by atoms with van der Waals surface area (Å²) in [4.78, 5) is 2.26. The van der Waals surface area contributed by atoms with Gasteiger partial charge in [-0.2, -0.15) is 0 Å². The lowest BCUT2D eigenvalue weighted by atomic mass is 9.91. The van der Waals surface area contributed by atoms with E-state index in [0.29, 0.717) is 36.4 Å². The number of nitrogens with zero attached hydrogens (tertiary/aromatic N) is 1. The molecule has 0 saturated carbocycles. The Labute approximate surface area is 281 Å². The molecule has 3 saturated heterocycles. The quantitative estimate of drug-likeness (QED) is 0.263. The van der Waals surface area contributed by atoms with E-state index in [-0.39, 0.29) is 29.9 Å². The first-order valence-corrected chi connectivity index (χ1v) is 17.3. The molecule has 5 N–H and O–H groups in total. The summed E-state index contributed by atoms with van der Waals surface area (Å²) in [6, 6.07) is 13.1. The van der Waals surface area contributed by atoms with Crippen LogP contribution in [-0.4, -0.2) is 95.2 Å². The molecule has 0 aromatic heterocycles. The molecular weight excluding hydrogens is 649 g/mol. The number of aliphatic hydroxyl groups is 3. The highest BCUT2D eigenvalue weighted by Crippen LogP contribution is 2.41. The largest absolute Gasteiger partial charge is 0.496 e. The molecule has 260 valence electrons. The maximum Gasteiger partial charge on any atom is 0.132 e. The number of methoxy groups -OCH3 is 1. The van der Waals surface area contributed by atoms with Crippen molar-refractivity contribution in [3.05, 3.63) is 94.3 Å². The topological polar surface area (TPSA) is 127 Å². The van der Waals surface area contributed by atoms with Gasteiger partial charge in [0, 0.05) is 48.8 Å². The van der Waals surface area contributed by atoms with E-state index in [4.69, 9.17) is 24.7 Å². The van der Waals surface area contributed by atoms with Gasteiger partial charge in [0.2, 0.25) is 0 Å². The van der Waals surface area contributed by atoms with Crippen LogP contribution in [0.4, 0.5) is 13.2 Å². The van der Waals surface area contributed by atoms with Crippen molar-refractivity contribution in [3.8, 4) is 11.5 Å². The summed E-state index contributed by atoms with van der Waals surface area (Å²) < 4.78 is 66.8. The van der Waals surface area contributed by atoms with Gasteiger partial charge >= 0.3 is 0 Å². The molecular formula is C35H41F3N2O7S. The minimum absolute atomic E-state index is 0.0354. The van der Waals surface area contributed by atoms with Gasteiger partial charge in [0.1, 0.15) is 71.0 Å². The molecule has 3 heterocycles. The fourth-order valence-corrected chi connectivity index (χ4v) is 7.56. The van der Waals surface area contributed by atoms with E-state index in [1.165, 1.54) is 24.9 Å². The molecule has 9 atom stereocenters. The van der Waals surface area contributed by atoms with E-state index < -0.39 is 59.4 Å². The standard InChI is InChI=1S/C35H41F3N2O7S/c1-44-29-15-27(38)19(12-25(29)34-31(42)30(41)32(43)35(47-34)48-2)11-18-3-6-22(7-4-18)46-23-9-10-40(16-23)21-14-28(39)33(45-17-21)24-13-20(36)5-8-26(24)37/h3-8,12-13,15,21,23,28,30-35,41-43H,9-11,14,16-17,39H2,1-2H3/t21?,23-,28+,30-,31-,32+,33-,34+,35-/m1/s1. The summed E-state index contributed by atoms with van der Waals surface area (Å²) >= 11 is 1.20. The number of ether oxygens (including phenoxy) is 4. The van der Waals surface area contributed by atoms with Crippen LogP contribution in [0.3, 0.4) is 0 Å². The average molecular weight is 691 g/mol. The fraction of sp³-hybridized carbons (Fsp3) is 0.486. The highest BCUT2D eigenvalue weighted by Gasteiger charge is 2.45. The first-order chi connectivity index (χ1) is 23.1. The Hall–Kier alpha value is -2.88. The zero-order chi connectivity index (χ0) is 34.1. The van der Waals surface area contributed by atoms with Gasteiger partial charge < -0.3 is 40.0 Å². The highest BCUT2D eigenvalue weighted by molar-refractivity contribution is 7.99. The second-order valence-corrected chi connectivity index (χ2v) is 13.6. The second-order valence-electron chi connectivity index (χ2n) is 12.6. The van der Waals surface area contributed by atoms with Crippen LogP contribution in [0.25, 0.3) is 0 Å². The van der Waals surface area contributed by atoms with Crippen molar-refractivity contribution in [3.63, 3.8) is 0 Å². The maximum atomic E-state index is 15.2. The molecule has 3 aromatic carbocycles. The number of hydrogen-bond donors (Lipinski definition) is 4. The number of nitrogens with two attached hydrogens (primary N) is 1. The number of thioether (sulfide) groups is 1. The van der Waals surface area contributed by atoms with Crippen LogP contribution < -0.4 is 15.2 Å². The molecule has 3 aliphatic heterocycles. The van der Waals surface area contributed by atoms with Gasteiger partial charge in [-0.1, -0.05) is 12.1 Å². The van der Waals surface area contributed by atoms with Gasteiger partial charge in [-0.3, -0.25) is 4.90 Å². The van der Waals surface area contributed by atoms with Crippen molar-refractivity contribution >= 4 is 11.8 Å². The Morgan fingerprint density at radius 1 is 0.938 bits per heavy atom. The third-order valence-electron chi connectivity index (χ3n) is 9.49. The van der Waals surface area contributed by atoms with E-state index in [1.807, 2.05) is 24.3 Å².